The quantitative estimate of drug-likeness (QED) is 0.390. The number of imidazole rings is 1. The number of rotatable bonds is 2. The first-order valence-corrected chi connectivity index (χ1v) is 5.38. The van der Waals surface area contributed by atoms with E-state index in [1.807, 2.05) is 0 Å². The van der Waals surface area contributed by atoms with Crippen LogP contribution in [0.2, 0.25) is 0 Å². The van der Waals surface area contributed by atoms with Crippen molar-refractivity contribution in [1.29, 1.82) is 10.5 Å². The zero-order chi connectivity index (χ0) is 14.0. The molecule has 0 amide bonds. The number of nitro groups is 1. The van der Waals surface area contributed by atoms with Crippen molar-refractivity contribution in [2.75, 3.05) is 0 Å². The van der Waals surface area contributed by atoms with Gasteiger partial charge in [0.15, 0.2) is 4.77 Å². The van der Waals surface area contributed by atoms with Crippen molar-refractivity contribution in [2.45, 2.75) is 0 Å². The monoisotopic (exact) mass is 271 g/mol. The summed E-state index contributed by atoms with van der Waals surface area (Å²) in [5, 5.41) is 28.2. The van der Waals surface area contributed by atoms with Crippen molar-refractivity contribution in [2.24, 2.45) is 0 Å². The SMILES string of the molecule is N#CC(C#N)=Cn1c(=S)[nH]c2ccc([N+](=O)[O-])cc21. The lowest BCUT2D eigenvalue weighted by Gasteiger charge is -1.96. The number of aromatic amines is 1. The number of non-ortho nitro benzene ring substituents is 1. The third kappa shape index (κ3) is 2.20. The Morgan fingerprint density at radius 3 is 2.74 bits per heavy atom. The molecule has 19 heavy (non-hydrogen) atoms. The Morgan fingerprint density at radius 1 is 1.47 bits per heavy atom. The average Bonchev–Trinajstić information content (AvgIpc) is 2.70. The molecule has 1 N–H and O–H groups in total. The minimum absolute atomic E-state index is 0.0980. The highest BCUT2D eigenvalue weighted by Gasteiger charge is 2.10. The van der Waals surface area contributed by atoms with Gasteiger partial charge in [0.1, 0.15) is 17.7 Å². The van der Waals surface area contributed by atoms with Gasteiger partial charge in [-0.3, -0.25) is 14.7 Å². The second kappa shape index (κ2) is 4.72. The van der Waals surface area contributed by atoms with Crippen LogP contribution in [0, 0.1) is 37.5 Å². The smallest absolute Gasteiger partial charge is 0.271 e. The summed E-state index contributed by atoms with van der Waals surface area (Å²) < 4.78 is 1.61. The highest BCUT2D eigenvalue weighted by molar-refractivity contribution is 7.71. The molecule has 0 spiro atoms. The fourth-order valence-electron chi connectivity index (χ4n) is 1.56. The van der Waals surface area contributed by atoms with E-state index in [-0.39, 0.29) is 16.0 Å². The zero-order valence-electron chi connectivity index (χ0n) is 9.32. The number of benzene rings is 1. The van der Waals surface area contributed by atoms with Gasteiger partial charge in [0, 0.05) is 18.3 Å². The molecule has 1 heterocycles. The van der Waals surface area contributed by atoms with Crippen LogP contribution >= 0.6 is 12.2 Å². The van der Waals surface area contributed by atoms with Crippen LogP contribution in [0.4, 0.5) is 5.69 Å². The molecule has 0 bridgehead atoms. The fourth-order valence-corrected chi connectivity index (χ4v) is 1.82. The Hall–Kier alpha value is -2.97. The summed E-state index contributed by atoms with van der Waals surface area (Å²) in [7, 11) is 0. The largest absolute Gasteiger partial charge is 0.330 e. The molecular weight excluding hydrogens is 266 g/mol. The third-order valence-corrected chi connectivity index (χ3v) is 2.71. The van der Waals surface area contributed by atoms with Gasteiger partial charge >= 0.3 is 0 Å². The Bertz CT molecular complexity index is 831. The molecule has 0 aliphatic heterocycles. The Morgan fingerprint density at radius 2 is 2.16 bits per heavy atom. The molecule has 0 saturated heterocycles. The van der Waals surface area contributed by atoms with E-state index in [9.17, 15) is 10.1 Å². The van der Waals surface area contributed by atoms with Crippen LogP contribution in [0.15, 0.2) is 23.8 Å². The fraction of sp³-hybridized carbons (Fsp3) is 0. The van der Waals surface area contributed by atoms with Crippen molar-refractivity contribution >= 4 is 35.1 Å². The molecule has 2 aromatic rings. The number of hydrogen-bond donors (Lipinski definition) is 1. The highest BCUT2D eigenvalue weighted by Crippen LogP contribution is 2.21. The van der Waals surface area contributed by atoms with Gasteiger partial charge in [0.25, 0.3) is 5.69 Å². The van der Waals surface area contributed by atoms with Crippen LogP contribution in [0.25, 0.3) is 17.2 Å². The molecular formula is C11H5N5O2S. The zero-order valence-corrected chi connectivity index (χ0v) is 10.1. The summed E-state index contributed by atoms with van der Waals surface area (Å²) in [5.74, 6) is 0. The van der Waals surface area contributed by atoms with Crippen molar-refractivity contribution in [3.63, 3.8) is 0 Å². The predicted molar refractivity (Wildman–Crippen MR) is 69.3 cm³/mol. The number of aromatic nitrogens is 2. The number of nitrogens with zero attached hydrogens (tertiary/aromatic N) is 4. The van der Waals surface area contributed by atoms with Gasteiger partial charge in [-0.2, -0.15) is 10.5 Å². The van der Waals surface area contributed by atoms with Crippen LogP contribution in [-0.4, -0.2) is 14.5 Å². The van der Waals surface area contributed by atoms with Gasteiger partial charge in [-0.25, -0.2) is 0 Å². The molecule has 0 fully saturated rings. The molecule has 0 radical (unpaired) electrons. The lowest BCUT2D eigenvalue weighted by atomic mass is 10.3. The Balaban J connectivity index is 2.78. The summed E-state index contributed by atoms with van der Waals surface area (Å²) in [6.07, 6.45) is 1.24. The van der Waals surface area contributed by atoms with E-state index in [2.05, 4.69) is 4.98 Å². The van der Waals surface area contributed by atoms with E-state index in [0.29, 0.717) is 11.0 Å². The first-order valence-electron chi connectivity index (χ1n) is 4.97. The Kier molecular flexibility index (Phi) is 3.10. The molecule has 2 rings (SSSR count). The van der Waals surface area contributed by atoms with Gasteiger partial charge in [-0.15, -0.1) is 0 Å². The number of nitrogens with one attached hydrogen (secondary N) is 1. The lowest BCUT2D eigenvalue weighted by molar-refractivity contribution is -0.384. The maximum Gasteiger partial charge on any atom is 0.271 e. The van der Waals surface area contributed by atoms with Crippen molar-refractivity contribution < 1.29 is 4.92 Å². The highest BCUT2D eigenvalue weighted by atomic mass is 32.1. The van der Waals surface area contributed by atoms with E-state index in [4.69, 9.17) is 22.7 Å². The number of hydrogen-bond acceptors (Lipinski definition) is 5. The summed E-state index contributed by atoms with van der Waals surface area (Å²) >= 11 is 5.05. The number of fused-ring (bicyclic) bond motifs is 1. The normalized spacial score (nSPS) is 9.58. The summed E-state index contributed by atoms with van der Waals surface area (Å²) in [4.78, 5) is 13.0. The third-order valence-electron chi connectivity index (χ3n) is 2.41. The van der Waals surface area contributed by atoms with Gasteiger partial charge in [0.05, 0.1) is 16.0 Å². The number of allylic oxidation sites excluding steroid dienone is 1. The van der Waals surface area contributed by atoms with Crippen molar-refractivity contribution in [1.82, 2.24) is 9.55 Å². The van der Waals surface area contributed by atoms with E-state index in [0.717, 1.165) is 0 Å². The number of nitro benzene ring substituents is 1. The molecule has 0 saturated carbocycles. The number of nitriles is 2. The summed E-state index contributed by atoms with van der Waals surface area (Å²) in [5.41, 5.74) is 0.770. The van der Waals surface area contributed by atoms with Crippen LogP contribution in [0.1, 0.15) is 0 Å². The number of H-pyrrole nitrogens is 1. The van der Waals surface area contributed by atoms with E-state index < -0.39 is 4.92 Å². The standard InChI is InChI=1S/C11H5N5O2S/c12-4-7(5-13)6-15-10-3-8(16(17)18)1-2-9(10)14-11(15)19/h1-3,6H,(H,14,19). The van der Waals surface area contributed by atoms with Crippen molar-refractivity contribution in [3.8, 4) is 12.1 Å². The second-order valence-corrected chi connectivity index (χ2v) is 3.91. The topological polar surface area (TPSA) is 111 Å². The van der Waals surface area contributed by atoms with Gasteiger partial charge in [-0.1, -0.05) is 0 Å². The maximum atomic E-state index is 10.7. The van der Waals surface area contributed by atoms with Crippen LogP contribution < -0.4 is 0 Å². The molecule has 0 aliphatic rings. The van der Waals surface area contributed by atoms with E-state index >= 15 is 0 Å². The second-order valence-electron chi connectivity index (χ2n) is 3.53. The first kappa shape index (κ1) is 12.5. The molecule has 1 aromatic carbocycles. The Labute approximate surface area is 111 Å². The first-order chi connectivity index (χ1) is 9.06. The summed E-state index contributed by atoms with van der Waals surface area (Å²) in [6.45, 7) is 0. The molecule has 1 aromatic heterocycles. The molecule has 92 valence electrons. The van der Waals surface area contributed by atoms with Gasteiger partial charge < -0.3 is 4.98 Å². The van der Waals surface area contributed by atoms with Gasteiger partial charge in [0.2, 0.25) is 0 Å². The van der Waals surface area contributed by atoms with Gasteiger partial charge in [-0.05, 0) is 18.3 Å². The van der Waals surface area contributed by atoms with Crippen molar-refractivity contribution in [3.05, 3.63) is 38.7 Å². The maximum absolute atomic E-state index is 10.7. The summed E-state index contributed by atoms with van der Waals surface area (Å²) in [6, 6.07) is 7.60. The van der Waals surface area contributed by atoms with E-state index in [1.165, 1.54) is 29.0 Å². The predicted octanol–water partition coefficient (Wildman–Crippen LogP) is 2.50. The molecule has 0 atom stereocenters. The average molecular weight is 271 g/mol. The lowest BCUT2D eigenvalue weighted by Crippen LogP contribution is -1.91. The molecule has 8 heteroatoms. The minimum Gasteiger partial charge on any atom is -0.330 e. The minimum atomic E-state index is -0.529. The van der Waals surface area contributed by atoms with Crippen LogP contribution in [0.3, 0.4) is 0 Å². The van der Waals surface area contributed by atoms with Crippen LogP contribution in [0.5, 0.6) is 0 Å². The molecule has 7 nitrogen and oxygen atoms in total. The van der Waals surface area contributed by atoms with Crippen LogP contribution in [-0.2, 0) is 0 Å². The molecule has 0 unspecified atom stereocenters. The van der Waals surface area contributed by atoms with E-state index in [1.54, 1.807) is 12.1 Å². The molecule has 0 aliphatic carbocycles.